The first-order chi connectivity index (χ1) is 7.68. The summed E-state index contributed by atoms with van der Waals surface area (Å²) in [7, 11) is 1.94. The van der Waals surface area contributed by atoms with Crippen molar-refractivity contribution in [3.63, 3.8) is 0 Å². The summed E-state index contributed by atoms with van der Waals surface area (Å²) in [6.45, 7) is 0.931. The minimum Gasteiger partial charge on any atom is -0.391 e. The molecule has 1 aromatic rings. The number of nitrogens with two attached hydrogens (primary N) is 1. The Hall–Kier alpha value is -1.52. The van der Waals surface area contributed by atoms with Gasteiger partial charge in [0.15, 0.2) is 5.82 Å². The fourth-order valence-corrected chi connectivity index (χ4v) is 2.37. The average Bonchev–Trinajstić information content (AvgIpc) is 2.74. The third-order valence-electron chi connectivity index (χ3n) is 3.24. The Kier molecular flexibility index (Phi) is 3.12. The molecule has 0 aliphatic heterocycles. The van der Waals surface area contributed by atoms with Crippen molar-refractivity contribution in [1.82, 2.24) is 9.97 Å². The molecule has 88 valence electrons. The Labute approximate surface area is 94.7 Å². The average molecular weight is 222 g/mol. The van der Waals surface area contributed by atoms with E-state index in [0.29, 0.717) is 11.7 Å². The molecule has 5 heteroatoms. The van der Waals surface area contributed by atoms with Crippen LogP contribution in [0.1, 0.15) is 25.7 Å². The molecule has 1 heterocycles. The highest BCUT2D eigenvalue weighted by atomic mass is 16.1. The number of rotatable bonds is 3. The van der Waals surface area contributed by atoms with Crippen LogP contribution < -0.4 is 16.2 Å². The van der Waals surface area contributed by atoms with Crippen molar-refractivity contribution in [2.24, 2.45) is 5.92 Å². The van der Waals surface area contributed by atoms with E-state index in [1.165, 1.54) is 32.0 Å². The van der Waals surface area contributed by atoms with Gasteiger partial charge >= 0.3 is 0 Å². The van der Waals surface area contributed by atoms with Gasteiger partial charge in [0.05, 0.1) is 6.33 Å². The molecule has 3 N–H and O–H groups in total. The number of hydrogen-bond donors (Lipinski definition) is 2. The third-order valence-corrected chi connectivity index (χ3v) is 3.24. The van der Waals surface area contributed by atoms with Gasteiger partial charge < -0.3 is 15.6 Å². The van der Waals surface area contributed by atoms with Gasteiger partial charge in [-0.1, -0.05) is 12.8 Å². The lowest BCUT2D eigenvalue weighted by Gasteiger charge is -2.22. The standard InChI is InChI=1S/C11H18N4O/c1-15(6-8-4-2-3-5-8)10-9(12)11(16)14-7-13-10/h7-8H,2-6,12H2,1H3,(H,13,14,16). The van der Waals surface area contributed by atoms with E-state index in [-0.39, 0.29) is 11.2 Å². The SMILES string of the molecule is CN(CC1CCCC1)c1nc[nH]c(=O)c1N. The Morgan fingerprint density at radius 1 is 1.56 bits per heavy atom. The van der Waals surface area contributed by atoms with Gasteiger partial charge in [-0.3, -0.25) is 4.79 Å². The van der Waals surface area contributed by atoms with Crippen molar-refractivity contribution in [3.05, 3.63) is 16.7 Å². The molecule has 0 atom stereocenters. The van der Waals surface area contributed by atoms with Crippen molar-refractivity contribution >= 4 is 11.5 Å². The molecule has 0 radical (unpaired) electrons. The van der Waals surface area contributed by atoms with E-state index < -0.39 is 0 Å². The molecule has 2 rings (SSSR count). The van der Waals surface area contributed by atoms with Crippen LogP contribution in [0.2, 0.25) is 0 Å². The minimum absolute atomic E-state index is 0.211. The molecule has 0 saturated heterocycles. The van der Waals surface area contributed by atoms with Crippen LogP contribution >= 0.6 is 0 Å². The zero-order valence-corrected chi connectivity index (χ0v) is 9.57. The Morgan fingerprint density at radius 3 is 2.94 bits per heavy atom. The number of H-pyrrole nitrogens is 1. The van der Waals surface area contributed by atoms with Gasteiger partial charge in [-0.15, -0.1) is 0 Å². The van der Waals surface area contributed by atoms with E-state index >= 15 is 0 Å². The molecule has 0 spiro atoms. The highest BCUT2D eigenvalue weighted by molar-refractivity contribution is 5.60. The first-order valence-electron chi connectivity index (χ1n) is 5.73. The van der Waals surface area contributed by atoms with Gasteiger partial charge in [0.1, 0.15) is 5.69 Å². The number of hydrogen-bond acceptors (Lipinski definition) is 4. The van der Waals surface area contributed by atoms with E-state index in [9.17, 15) is 4.79 Å². The summed E-state index contributed by atoms with van der Waals surface area (Å²) in [6, 6.07) is 0. The molecule has 1 fully saturated rings. The van der Waals surface area contributed by atoms with E-state index in [0.717, 1.165) is 6.54 Å². The maximum atomic E-state index is 11.3. The molecule has 16 heavy (non-hydrogen) atoms. The zero-order chi connectivity index (χ0) is 11.5. The summed E-state index contributed by atoms with van der Waals surface area (Å²) in [5.41, 5.74) is 5.66. The van der Waals surface area contributed by atoms with Crippen molar-refractivity contribution in [2.75, 3.05) is 24.2 Å². The van der Waals surface area contributed by atoms with Crippen molar-refractivity contribution in [3.8, 4) is 0 Å². The Balaban J connectivity index is 2.10. The van der Waals surface area contributed by atoms with Crippen molar-refractivity contribution < 1.29 is 0 Å². The molecule has 1 aromatic heterocycles. The van der Waals surface area contributed by atoms with Gasteiger partial charge in [0.2, 0.25) is 0 Å². The van der Waals surface area contributed by atoms with E-state index in [1.54, 1.807) is 0 Å². The molecule has 0 aromatic carbocycles. The third kappa shape index (κ3) is 2.18. The van der Waals surface area contributed by atoms with Crippen LogP contribution in [-0.4, -0.2) is 23.6 Å². The Morgan fingerprint density at radius 2 is 2.25 bits per heavy atom. The molecular weight excluding hydrogens is 204 g/mol. The predicted molar refractivity (Wildman–Crippen MR) is 64.5 cm³/mol. The van der Waals surface area contributed by atoms with E-state index in [2.05, 4.69) is 9.97 Å². The first kappa shape index (κ1) is 11.0. The van der Waals surface area contributed by atoms with Gasteiger partial charge in [-0.2, -0.15) is 0 Å². The van der Waals surface area contributed by atoms with E-state index in [1.807, 2.05) is 11.9 Å². The molecule has 1 aliphatic carbocycles. The Bertz CT molecular complexity index is 409. The van der Waals surface area contributed by atoms with Crippen LogP contribution in [0, 0.1) is 5.92 Å². The van der Waals surface area contributed by atoms with Crippen LogP contribution in [0.15, 0.2) is 11.1 Å². The lowest BCUT2D eigenvalue weighted by atomic mass is 10.1. The van der Waals surface area contributed by atoms with Crippen LogP contribution in [0.5, 0.6) is 0 Å². The normalized spacial score (nSPS) is 16.6. The van der Waals surface area contributed by atoms with Gasteiger partial charge in [-0.05, 0) is 18.8 Å². The molecule has 5 nitrogen and oxygen atoms in total. The topological polar surface area (TPSA) is 75.0 Å². The quantitative estimate of drug-likeness (QED) is 0.799. The monoisotopic (exact) mass is 222 g/mol. The maximum absolute atomic E-state index is 11.3. The highest BCUT2D eigenvalue weighted by Crippen LogP contribution is 2.26. The van der Waals surface area contributed by atoms with E-state index in [4.69, 9.17) is 5.73 Å². The predicted octanol–water partition coefficient (Wildman–Crippen LogP) is 0.978. The molecule has 1 saturated carbocycles. The van der Waals surface area contributed by atoms with Crippen LogP contribution in [0.3, 0.4) is 0 Å². The van der Waals surface area contributed by atoms with Crippen LogP contribution in [-0.2, 0) is 0 Å². The molecule has 0 bridgehead atoms. The molecule has 1 aliphatic rings. The van der Waals surface area contributed by atoms with Crippen molar-refractivity contribution in [1.29, 1.82) is 0 Å². The summed E-state index contributed by atoms with van der Waals surface area (Å²) in [5, 5.41) is 0. The second-order valence-corrected chi connectivity index (χ2v) is 4.50. The summed E-state index contributed by atoms with van der Waals surface area (Å²) in [6.07, 6.45) is 6.58. The molecule has 0 amide bonds. The molecular formula is C11H18N4O. The lowest BCUT2D eigenvalue weighted by molar-refractivity contribution is 0.545. The van der Waals surface area contributed by atoms with Crippen molar-refractivity contribution in [2.45, 2.75) is 25.7 Å². The highest BCUT2D eigenvalue weighted by Gasteiger charge is 2.19. The maximum Gasteiger partial charge on any atom is 0.276 e. The number of aromatic nitrogens is 2. The number of anilines is 2. The van der Waals surface area contributed by atoms with Gasteiger partial charge in [0, 0.05) is 13.6 Å². The summed E-state index contributed by atoms with van der Waals surface area (Å²) < 4.78 is 0. The number of nitrogen functional groups attached to an aromatic ring is 1. The summed E-state index contributed by atoms with van der Waals surface area (Å²) >= 11 is 0. The van der Waals surface area contributed by atoms with Crippen LogP contribution in [0.25, 0.3) is 0 Å². The lowest BCUT2D eigenvalue weighted by Crippen LogP contribution is -2.28. The fourth-order valence-electron chi connectivity index (χ4n) is 2.37. The fraction of sp³-hybridized carbons (Fsp3) is 0.636. The zero-order valence-electron chi connectivity index (χ0n) is 9.57. The largest absolute Gasteiger partial charge is 0.391 e. The number of nitrogens with zero attached hydrogens (tertiary/aromatic N) is 2. The number of nitrogens with one attached hydrogen (secondary N) is 1. The molecule has 0 unspecified atom stereocenters. The smallest absolute Gasteiger partial charge is 0.276 e. The minimum atomic E-state index is -0.261. The second kappa shape index (κ2) is 4.55. The number of aromatic amines is 1. The summed E-state index contributed by atoms with van der Waals surface area (Å²) in [4.78, 5) is 19.9. The summed E-state index contributed by atoms with van der Waals surface area (Å²) in [5.74, 6) is 1.31. The van der Waals surface area contributed by atoms with Gasteiger partial charge in [0.25, 0.3) is 5.56 Å². The van der Waals surface area contributed by atoms with Gasteiger partial charge in [-0.25, -0.2) is 4.98 Å². The first-order valence-corrected chi connectivity index (χ1v) is 5.73. The van der Waals surface area contributed by atoms with Crippen LogP contribution in [0.4, 0.5) is 11.5 Å². The second-order valence-electron chi connectivity index (χ2n) is 4.50.